The van der Waals surface area contributed by atoms with Crippen molar-refractivity contribution in [2.45, 2.75) is 45.1 Å². The Bertz CT molecular complexity index is 390. The van der Waals surface area contributed by atoms with E-state index in [1.54, 1.807) is 0 Å². The van der Waals surface area contributed by atoms with Gasteiger partial charge in [-0.25, -0.2) is 0 Å². The highest BCUT2D eigenvalue weighted by atomic mass is 15.2. The predicted octanol–water partition coefficient (Wildman–Crippen LogP) is 2.70. The van der Waals surface area contributed by atoms with E-state index in [-0.39, 0.29) is 5.41 Å². The van der Waals surface area contributed by atoms with Crippen LogP contribution in [0.4, 0.5) is 0 Å². The average molecular weight is 246 g/mol. The molecule has 0 saturated carbocycles. The van der Waals surface area contributed by atoms with E-state index in [1.165, 1.54) is 37.1 Å². The van der Waals surface area contributed by atoms with Crippen molar-refractivity contribution < 1.29 is 0 Å². The van der Waals surface area contributed by atoms with Gasteiger partial charge in [0.1, 0.15) is 0 Å². The molecule has 0 amide bonds. The lowest BCUT2D eigenvalue weighted by Gasteiger charge is -2.43. The molecule has 0 spiro atoms. The van der Waals surface area contributed by atoms with E-state index < -0.39 is 0 Å². The van der Waals surface area contributed by atoms with Gasteiger partial charge in [0, 0.05) is 18.0 Å². The fourth-order valence-electron chi connectivity index (χ4n) is 3.22. The highest BCUT2D eigenvalue weighted by Crippen LogP contribution is 2.36. The highest BCUT2D eigenvalue weighted by molar-refractivity contribution is 5.34. The number of hydrogen-bond donors (Lipinski definition) is 1. The Morgan fingerprint density at radius 2 is 1.83 bits per heavy atom. The summed E-state index contributed by atoms with van der Waals surface area (Å²) in [6, 6.07) is 9.40. The molecule has 1 fully saturated rings. The molecule has 2 rings (SSSR count). The van der Waals surface area contributed by atoms with Crippen LogP contribution in [-0.2, 0) is 5.41 Å². The highest BCUT2D eigenvalue weighted by Gasteiger charge is 2.36. The molecule has 1 saturated heterocycles. The Labute approximate surface area is 111 Å². The van der Waals surface area contributed by atoms with Gasteiger partial charge in [-0.15, -0.1) is 0 Å². The van der Waals surface area contributed by atoms with Gasteiger partial charge in [-0.1, -0.05) is 24.3 Å². The lowest BCUT2D eigenvalue weighted by Crippen LogP contribution is -2.48. The third-order valence-corrected chi connectivity index (χ3v) is 4.59. The van der Waals surface area contributed by atoms with E-state index in [0.29, 0.717) is 6.04 Å². The Balaban J connectivity index is 2.22. The number of hydrogen-bond acceptors (Lipinski definition) is 2. The van der Waals surface area contributed by atoms with Gasteiger partial charge in [0.2, 0.25) is 0 Å². The molecule has 18 heavy (non-hydrogen) atoms. The van der Waals surface area contributed by atoms with Gasteiger partial charge in [0.05, 0.1) is 0 Å². The zero-order valence-electron chi connectivity index (χ0n) is 11.9. The van der Waals surface area contributed by atoms with Gasteiger partial charge in [-0.2, -0.15) is 0 Å². The SMILES string of the molecule is Cc1ccccc1C1(CN)CCN(C(C)C)CC1. The molecule has 0 aliphatic carbocycles. The van der Waals surface area contributed by atoms with E-state index in [0.717, 1.165) is 6.54 Å². The third kappa shape index (κ3) is 2.45. The van der Waals surface area contributed by atoms with Crippen molar-refractivity contribution >= 4 is 0 Å². The summed E-state index contributed by atoms with van der Waals surface area (Å²) in [4.78, 5) is 2.56. The van der Waals surface area contributed by atoms with E-state index >= 15 is 0 Å². The minimum atomic E-state index is 0.205. The van der Waals surface area contributed by atoms with E-state index in [1.807, 2.05) is 0 Å². The number of nitrogens with two attached hydrogens (primary N) is 1. The van der Waals surface area contributed by atoms with Crippen LogP contribution in [0.3, 0.4) is 0 Å². The quantitative estimate of drug-likeness (QED) is 0.888. The molecule has 2 heteroatoms. The summed E-state index contributed by atoms with van der Waals surface area (Å²) in [7, 11) is 0. The van der Waals surface area contributed by atoms with Crippen molar-refractivity contribution in [2.75, 3.05) is 19.6 Å². The smallest absolute Gasteiger partial charge is 0.0102 e. The molecule has 2 nitrogen and oxygen atoms in total. The minimum Gasteiger partial charge on any atom is -0.330 e. The Morgan fingerprint density at radius 1 is 1.22 bits per heavy atom. The third-order valence-electron chi connectivity index (χ3n) is 4.59. The number of piperidine rings is 1. The number of aryl methyl sites for hydroxylation is 1. The first-order chi connectivity index (χ1) is 8.59. The summed E-state index contributed by atoms with van der Waals surface area (Å²) >= 11 is 0. The molecule has 0 radical (unpaired) electrons. The van der Waals surface area contributed by atoms with Crippen LogP contribution in [0.5, 0.6) is 0 Å². The van der Waals surface area contributed by atoms with Crippen LogP contribution in [0.25, 0.3) is 0 Å². The lowest BCUT2D eigenvalue weighted by atomic mass is 9.71. The second-order valence-corrected chi connectivity index (χ2v) is 5.93. The van der Waals surface area contributed by atoms with Crippen LogP contribution >= 0.6 is 0 Å². The number of rotatable bonds is 3. The largest absolute Gasteiger partial charge is 0.330 e. The van der Waals surface area contributed by atoms with Gasteiger partial charge in [0.15, 0.2) is 0 Å². The second-order valence-electron chi connectivity index (χ2n) is 5.93. The van der Waals surface area contributed by atoms with E-state index in [2.05, 4.69) is 49.9 Å². The van der Waals surface area contributed by atoms with Gasteiger partial charge in [0.25, 0.3) is 0 Å². The van der Waals surface area contributed by atoms with E-state index in [4.69, 9.17) is 5.73 Å². The van der Waals surface area contributed by atoms with Crippen molar-refractivity contribution in [1.29, 1.82) is 0 Å². The average Bonchev–Trinajstić information content (AvgIpc) is 2.39. The molecular weight excluding hydrogens is 220 g/mol. The summed E-state index contributed by atoms with van der Waals surface area (Å²) in [6.45, 7) is 9.88. The van der Waals surface area contributed by atoms with Crippen molar-refractivity contribution in [3.8, 4) is 0 Å². The van der Waals surface area contributed by atoms with Crippen LogP contribution < -0.4 is 5.73 Å². The summed E-state index contributed by atoms with van der Waals surface area (Å²) in [5.74, 6) is 0. The Hall–Kier alpha value is -0.860. The maximum absolute atomic E-state index is 6.14. The van der Waals surface area contributed by atoms with Crippen LogP contribution in [0.1, 0.15) is 37.8 Å². The zero-order valence-corrected chi connectivity index (χ0v) is 11.9. The summed E-state index contributed by atoms with van der Waals surface area (Å²) in [5.41, 5.74) is 9.21. The molecule has 1 heterocycles. The van der Waals surface area contributed by atoms with Crippen molar-refractivity contribution in [2.24, 2.45) is 5.73 Å². The summed E-state index contributed by atoms with van der Waals surface area (Å²) in [6.07, 6.45) is 2.37. The van der Waals surface area contributed by atoms with E-state index in [9.17, 15) is 0 Å². The fraction of sp³-hybridized carbons (Fsp3) is 0.625. The molecule has 1 aromatic rings. The first kappa shape index (κ1) is 13.6. The molecular formula is C16H26N2. The minimum absolute atomic E-state index is 0.205. The second kappa shape index (κ2) is 5.41. The molecule has 100 valence electrons. The van der Waals surface area contributed by atoms with Crippen molar-refractivity contribution in [3.63, 3.8) is 0 Å². The number of benzene rings is 1. The molecule has 1 aliphatic heterocycles. The van der Waals surface area contributed by atoms with Crippen molar-refractivity contribution in [3.05, 3.63) is 35.4 Å². The first-order valence-electron chi connectivity index (χ1n) is 7.09. The van der Waals surface area contributed by atoms with Gasteiger partial charge in [-0.3, -0.25) is 0 Å². The predicted molar refractivity (Wildman–Crippen MR) is 77.9 cm³/mol. The zero-order chi connectivity index (χ0) is 13.2. The maximum Gasteiger partial charge on any atom is 0.0102 e. The molecule has 0 atom stereocenters. The Morgan fingerprint density at radius 3 is 2.33 bits per heavy atom. The maximum atomic E-state index is 6.14. The molecule has 0 aromatic heterocycles. The Kier molecular flexibility index (Phi) is 4.08. The monoisotopic (exact) mass is 246 g/mol. The van der Waals surface area contributed by atoms with Gasteiger partial charge >= 0.3 is 0 Å². The molecule has 2 N–H and O–H groups in total. The number of likely N-dealkylation sites (tertiary alicyclic amines) is 1. The molecule has 0 unspecified atom stereocenters. The van der Waals surface area contributed by atoms with Gasteiger partial charge < -0.3 is 10.6 Å². The fourth-order valence-corrected chi connectivity index (χ4v) is 3.22. The van der Waals surface area contributed by atoms with Crippen molar-refractivity contribution in [1.82, 2.24) is 4.90 Å². The summed E-state index contributed by atoms with van der Waals surface area (Å²) in [5, 5.41) is 0. The number of nitrogens with zero attached hydrogens (tertiary/aromatic N) is 1. The van der Waals surface area contributed by atoms with Gasteiger partial charge in [-0.05, 0) is 57.8 Å². The van der Waals surface area contributed by atoms with Crippen LogP contribution in [0.2, 0.25) is 0 Å². The molecule has 1 aromatic carbocycles. The van der Waals surface area contributed by atoms with Crippen LogP contribution in [0.15, 0.2) is 24.3 Å². The first-order valence-corrected chi connectivity index (χ1v) is 7.09. The van der Waals surface area contributed by atoms with Crippen LogP contribution in [0, 0.1) is 6.92 Å². The topological polar surface area (TPSA) is 29.3 Å². The van der Waals surface area contributed by atoms with Crippen LogP contribution in [-0.4, -0.2) is 30.6 Å². The standard InChI is InChI=1S/C16H26N2/c1-13(2)18-10-8-16(12-17,9-11-18)15-7-5-4-6-14(15)3/h4-7,13H,8-12,17H2,1-3H3. The normalized spacial score (nSPS) is 20.3. The lowest BCUT2D eigenvalue weighted by molar-refractivity contribution is 0.132. The molecule has 0 bridgehead atoms. The summed E-state index contributed by atoms with van der Waals surface area (Å²) < 4.78 is 0. The molecule has 1 aliphatic rings.